The Morgan fingerprint density at radius 2 is 1.46 bits per heavy atom. The maximum atomic E-state index is 9.77. The minimum Gasteiger partial charge on any atom is -0.387 e. The largest absolute Gasteiger partial charge is 0.387 e. The van der Waals surface area contributed by atoms with Gasteiger partial charge in [-0.05, 0) is 66.9 Å². The van der Waals surface area contributed by atoms with Gasteiger partial charge in [-0.2, -0.15) is 15.8 Å². The Labute approximate surface area is 230 Å². The van der Waals surface area contributed by atoms with Gasteiger partial charge in [0.1, 0.15) is 17.7 Å². The zero-order valence-corrected chi connectivity index (χ0v) is 24.0. The molecular formula is C30H35BrN6. The molecule has 0 aromatic carbocycles. The third-order valence-electron chi connectivity index (χ3n) is 6.98. The fourth-order valence-corrected chi connectivity index (χ4v) is 5.93. The molecule has 0 saturated carbocycles. The first-order chi connectivity index (χ1) is 17.5. The van der Waals surface area contributed by atoms with Crippen LogP contribution in [-0.2, 0) is 0 Å². The van der Waals surface area contributed by atoms with Crippen LogP contribution in [0, 0.1) is 62.7 Å². The molecule has 0 aliphatic heterocycles. The lowest BCUT2D eigenvalue weighted by Crippen LogP contribution is -2.27. The second-order valence-corrected chi connectivity index (χ2v) is 12.3. The number of rotatable bonds is 9. The van der Waals surface area contributed by atoms with E-state index in [9.17, 15) is 21.0 Å². The van der Waals surface area contributed by atoms with Gasteiger partial charge in [0, 0.05) is 16.7 Å². The summed E-state index contributed by atoms with van der Waals surface area (Å²) in [5.41, 5.74) is 4.27. The van der Waals surface area contributed by atoms with Crippen molar-refractivity contribution in [1.29, 1.82) is 21.0 Å². The normalized spacial score (nSPS) is 19.6. The van der Waals surface area contributed by atoms with Gasteiger partial charge in [0.25, 0.3) is 5.70 Å². The number of allylic oxidation sites excluding steroid dienone is 8. The molecule has 7 heteroatoms. The zero-order valence-electron chi connectivity index (χ0n) is 22.4. The number of hydrogen-bond donors (Lipinski definition) is 1. The number of hydrogen-bond acceptors (Lipinski definition) is 5. The van der Waals surface area contributed by atoms with Crippen LogP contribution in [0.25, 0.3) is 4.85 Å². The molecule has 0 bridgehead atoms. The van der Waals surface area contributed by atoms with Crippen molar-refractivity contribution in [2.24, 2.45) is 10.8 Å². The monoisotopic (exact) mass is 558 g/mol. The van der Waals surface area contributed by atoms with Gasteiger partial charge in [0.05, 0.1) is 24.3 Å². The van der Waals surface area contributed by atoms with Gasteiger partial charge in [-0.15, -0.1) is 0 Å². The lowest BCUT2D eigenvalue weighted by Gasteiger charge is -2.34. The van der Waals surface area contributed by atoms with E-state index in [1.165, 1.54) is 0 Å². The van der Waals surface area contributed by atoms with Crippen molar-refractivity contribution in [3.8, 4) is 24.3 Å². The quantitative estimate of drug-likeness (QED) is 0.175. The Hall–Kier alpha value is -3.31. The molecule has 0 spiro atoms. The van der Waals surface area contributed by atoms with Crippen LogP contribution < -0.4 is 5.32 Å². The molecule has 0 radical (unpaired) electrons. The van der Waals surface area contributed by atoms with Gasteiger partial charge in [0.15, 0.2) is 0 Å². The summed E-state index contributed by atoms with van der Waals surface area (Å²) < 4.78 is 0.862. The molecular weight excluding hydrogens is 524 g/mol. The van der Waals surface area contributed by atoms with Crippen LogP contribution in [0.5, 0.6) is 0 Å². The van der Waals surface area contributed by atoms with Crippen LogP contribution in [0.2, 0.25) is 0 Å². The summed E-state index contributed by atoms with van der Waals surface area (Å²) >= 11 is 3.64. The van der Waals surface area contributed by atoms with Crippen molar-refractivity contribution in [1.82, 2.24) is 5.32 Å². The Balaban J connectivity index is 1.89. The van der Waals surface area contributed by atoms with E-state index in [0.717, 1.165) is 79.2 Å². The Morgan fingerprint density at radius 1 is 0.865 bits per heavy atom. The van der Waals surface area contributed by atoms with Crippen molar-refractivity contribution >= 4 is 15.9 Å². The highest BCUT2D eigenvalue weighted by Crippen LogP contribution is 2.45. The molecule has 0 saturated heterocycles. The molecule has 0 fully saturated rings. The Morgan fingerprint density at radius 3 is 2.05 bits per heavy atom. The second-order valence-electron chi connectivity index (χ2n) is 11.5. The summed E-state index contributed by atoms with van der Waals surface area (Å²) in [6.07, 6.45) is 9.06. The van der Waals surface area contributed by atoms with Crippen LogP contribution in [0.4, 0.5) is 0 Å². The average molecular weight is 560 g/mol. The van der Waals surface area contributed by atoms with Crippen LogP contribution >= 0.6 is 15.9 Å². The summed E-state index contributed by atoms with van der Waals surface area (Å²) in [7, 11) is 0. The Kier molecular flexibility index (Phi) is 10.8. The summed E-state index contributed by atoms with van der Waals surface area (Å²) in [6, 6.07) is 8.27. The van der Waals surface area contributed by atoms with Crippen molar-refractivity contribution in [2.45, 2.75) is 91.9 Å². The third kappa shape index (κ3) is 8.09. The van der Waals surface area contributed by atoms with E-state index < -0.39 is 0 Å². The van der Waals surface area contributed by atoms with E-state index in [0.29, 0.717) is 24.0 Å². The third-order valence-corrected chi connectivity index (χ3v) is 7.93. The molecule has 1 N–H and O–H groups in total. The second kappa shape index (κ2) is 13.3. The van der Waals surface area contributed by atoms with Gasteiger partial charge >= 0.3 is 0 Å². The van der Waals surface area contributed by atoms with Gasteiger partial charge in [-0.25, -0.2) is 10.1 Å². The summed E-state index contributed by atoms with van der Waals surface area (Å²) in [5, 5.41) is 41.3. The van der Waals surface area contributed by atoms with Crippen molar-refractivity contribution < 1.29 is 0 Å². The van der Waals surface area contributed by atoms with Crippen LogP contribution in [0.1, 0.15) is 91.9 Å². The summed E-state index contributed by atoms with van der Waals surface area (Å²) in [5.74, 6) is 0. The van der Waals surface area contributed by atoms with E-state index in [1.807, 2.05) is 18.2 Å². The van der Waals surface area contributed by atoms with E-state index in [4.69, 9.17) is 6.57 Å². The van der Waals surface area contributed by atoms with Gasteiger partial charge in [0.2, 0.25) is 0 Å². The molecule has 2 rings (SSSR count). The molecule has 37 heavy (non-hydrogen) atoms. The van der Waals surface area contributed by atoms with E-state index in [2.05, 4.69) is 59.9 Å². The highest BCUT2D eigenvalue weighted by molar-refractivity contribution is 9.12. The van der Waals surface area contributed by atoms with Crippen molar-refractivity contribution in [3.63, 3.8) is 0 Å². The molecule has 0 atom stereocenters. The number of nitrogens with zero attached hydrogens (tertiary/aromatic N) is 5. The first-order valence-electron chi connectivity index (χ1n) is 12.8. The lowest BCUT2D eigenvalue weighted by molar-refractivity contribution is 0.339. The van der Waals surface area contributed by atoms with Gasteiger partial charge < -0.3 is 5.32 Å². The first-order valence-corrected chi connectivity index (χ1v) is 13.6. The maximum absolute atomic E-state index is 9.77. The topological polar surface area (TPSA) is 112 Å². The van der Waals surface area contributed by atoms with Crippen LogP contribution in [0.3, 0.4) is 0 Å². The van der Waals surface area contributed by atoms with Crippen molar-refractivity contribution in [2.75, 3.05) is 6.54 Å². The summed E-state index contributed by atoms with van der Waals surface area (Å²) in [6.45, 7) is 16.7. The molecule has 2 aliphatic carbocycles. The molecule has 0 unspecified atom stereocenters. The minimum absolute atomic E-state index is 0.0112. The smallest absolute Gasteiger partial charge is 0.266 e. The van der Waals surface area contributed by atoms with Crippen molar-refractivity contribution in [3.05, 3.63) is 55.2 Å². The van der Waals surface area contributed by atoms with E-state index in [1.54, 1.807) is 0 Å². The SMILES string of the molecule is [C-]#[N+]/C(C#N)=C1\CC(C)(C)CC(NCCCCCCCC2=C(C#N)C(=C(C#N)C#N)CC(C)(C)C2)=C1Br. The van der Waals surface area contributed by atoms with Crippen LogP contribution in [-0.4, -0.2) is 6.54 Å². The maximum Gasteiger partial charge on any atom is 0.266 e. The predicted molar refractivity (Wildman–Crippen MR) is 148 cm³/mol. The van der Waals surface area contributed by atoms with E-state index in [-0.39, 0.29) is 22.1 Å². The molecule has 0 aromatic rings. The van der Waals surface area contributed by atoms with Crippen LogP contribution in [0.15, 0.2) is 43.7 Å². The number of unbranched alkanes of at least 4 members (excludes halogenated alkanes) is 4. The predicted octanol–water partition coefficient (Wildman–Crippen LogP) is 8.02. The first kappa shape index (κ1) is 29.9. The average Bonchev–Trinajstić information content (AvgIpc) is 2.84. The molecule has 0 aromatic heterocycles. The number of halogens is 1. The lowest BCUT2D eigenvalue weighted by atomic mass is 9.70. The molecule has 0 heterocycles. The number of nitrogens with one attached hydrogen (secondary N) is 1. The molecule has 0 amide bonds. The highest BCUT2D eigenvalue weighted by Gasteiger charge is 2.33. The molecule has 192 valence electrons. The molecule has 2 aliphatic rings. The minimum atomic E-state index is -0.0654. The van der Waals surface area contributed by atoms with Gasteiger partial charge in [-0.3, -0.25) is 0 Å². The standard InChI is InChI=1S/C30H35BrN6/c1-29(2)13-21(25(19-34)23(14-29)22(17-32)18-33)11-9-7-6-8-10-12-37-26-16-30(3,4)15-24(28(26)31)27(20-35)36-5/h37H,6-16H2,1-4H3/b27-24+. The zero-order chi connectivity index (χ0) is 27.6. The molecule has 6 nitrogen and oxygen atoms in total. The van der Waals surface area contributed by atoms with E-state index >= 15 is 0 Å². The Bertz CT molecular complexity index is 1210. The number of nitriles is 4. The summed E-state index contributed by atoms with van der Waals surface area (Å²) in [4.78, 5) is 3.42. The highest BCUT2D eigenvalue weighted by atomic mass is 79.9. The van der Waals surface area contributed by atoms with Gasteiger partial charge in [-0.1, -0.05) is 68.5 Å². The fraction of sp³-hybridized carbons (Fsp3) is 0.567. The fourth-order valence-electron chi connectivity index (χ4n) is 5.32.